The summed E-state index contributed by atoms with van der Waals surface area (Å²) in [7, 11) is 0. The van der Waals surface area contributed by atoms with Gasteiger partial charge in [-0.3, -0.25) is 9.59 Å². The maximum Gasteiger partial charge on any atom is 0.253 e. The van der Waals surface area contributed by atoms with E-state index in [4.69, 9.17) is 4.74 Å². The zero-order valence-corrected chi connectivity index (χ0v) is 23.4. The number of aliphatic hydroxyl groups is 1. The van der Waals surface area contributed by atoms with Gasteiger partial charge < -0.3 is 14.7 Å². The molecule has 2 aliphatic carbocycles. The molecule has 5 nitrogen and oxygen atoms in total. The van der Waals surface area contributed by atoms with Crippen molar-refractivity contribution in [2.24, 2.45) is 29.6 Å². The monoisotopic (exact) mass is 529 g/mol. The molecule has 39 heavy (non-hydrogen) atoms. The van der Waals surface area contributed by atoms with Gasteiger partial charge in [-0.05, 0) is 80.4 Å². The number of Topliss-reactive ketones (excluding diaryl/α,β-unsaturated/α-hetero) is 1. The van der Waals surface area contributed by atoms with E-state index in [0.29, 0.717) is 37.3 Å². The number of anilines is 1. The highest BCUT2D eigenvalue weighted by molar-refractivity contribution is 5.94. The Bertz CT molecular complexity index is 1120. The van der Waals surface area contributed by atoms with Gasteiger partial charge in [0.05, 0.1) is 12.6 Å². The quantitative estimate of drug-likeness (QED) is 0.253. The molecule has 2 saturated carbocycles. The van der Waals surface area contributed by atoms with Gasteiger partial charge in [-0.25, -0.2) is 0 Å². The molecule has 5 heteroatoms. The van der Waals surface area contributed by atoms with E-state index >= 15 is 0 Å². The zero-order chi connectivity index (χ0) is 27.6. The van der Waals surface area contributed by atoms with Crippen LogP contribution in [0.2, 0.25) is 0 Å². The lowest BCUT2D eigenvalue weighted by molar-refractivity contribution is -0.127. The first-order chi connectivity index (χ1) is 19.0. The predicted octanol–water partition coefficient (Wildman–Crippen LogP) is 6.05. The van der Waals surface area contributed by atoms with Crippen molar-refractivity contribution in [3.8, 4) is 11.8 Å². The minimum atomic E-state index is -0.498. The summed E-state index contributed by atoms with van der Waals surface area (Å²) in [5.74, 6) is 7.57. The molecule has 0 bridgehead atoms. The van der Waals surface area contributed by atoms with Gasteiger partial charge in [0, 0.05) is 31.1 Å². The fraction of sp³-hybridized carbons (Fsp3) is 0.529. The Hall–Kier alpha value is -2.94. The predicted molar refractivity (Wildman–Crippen MR) is 155 cm³/mol. The highest BCUT2D eigenvalue weighted by Gasteiger charge is 2.50. The summed E-state index contributed by atoms with van der Waals surface area (Å²) in [6.07, 6.45) is 5.32. The van der Waals surface area contributed by atoms with Crippen LogP contribution in [0, 0.1) is 41.4 Å². The topological polar surface area (TPSA) is 66.8 Å². The highest BCUT2D eigenvalue weighted by Crippen LogP contribution is 2.51. The average Bonchev–Trinajstić information content (AvgIpc) is 3.48. The molecule has 0 radical (unpaired) electrons. The Morgan fingerprint density at radius 3 is 2.49 bits per heavy atom. The number of carbonyl (C=O) groups excluding carboxylic acids is 2. The number of aliphatic hydroxyl groups excluding tert-OH is 1. The summed E-state index contributed by atoms with van der Waals surface area (Å²) in [4.78, 5) is 28.0. The molecule has 1 amide bonds. The van der Waals surface area contributed by atoms with Crippen molar-refractivity contribution >= 4 is 17.4 Å². The van der Waals surface area contributed by atoms with Gasteiger partial charge in [0.25, 0.3) is 5.91 Å². The molecule has 0 aromatic heterocycles. The summed E-state index contributed by atoms with van der Waals surface area (Å²) in [5, 5.41) is 10.7. The minimum Gasteiger partial charge on any atom is -0.392 e. The lowest BCUT2D eigenvalue weighted by Crippen LogP contribution is -2.33. The van der Waals surface area contributed by atoms with Crippen LogP contribution in [0.5, 0.6) is 0 Å². The first kappa shape index (κ1) is 29.1. The van der Waals surface area contributed by atoms with Crippen LogP contribution in [0.1, 0.15) is 64.4 Å². The number of hydrogen-bond acceptors (Lipinski definition) is 4. The molecule has 2 aliphatic rings. The standard InChI is InChI=1S/C34H43NO4/c1-3-4-11-25(2)16-17-31(36)34-30-21-27(20-28(30)22-32(34)37)18-19-39-24-33(38)35(29-14-9-6-10-15-29)23-26-12-7-5-8-13-26/h5-10,12-15,25,27-28,30,32,34,37H,11,16-24H2,1-2H3/t25?,27-,28-,30-,32-,34+/m1/s1. The molecular formula is C34H43NO4. The maximum atomic E-state index is 13.2. The van der Waals surface area contributed by atoms with Crippen molar-refractivity contribution in [1.82, 2.24) is 0 Å². The molecule has 1 unspecified atom stereocenters. The number of ether oxygens (including phenoxy) is 1. The van der Waals surface area contributed by atoms with Gasteiger partial charge in [0.2, 0.25) is 0 Å². The molecular weight excluding hydrogens is 486 g/mol. The third-order valence-electron chi connectivity index (χ3n) is 8.60. The summed E-state index contributed by atoms with van der Waals surface area (Å²) >= 11 is 0. The SMILES string of the molecule is CC#CCC(C)CCC(=O)[C@@H]1[C@@H]2C[C@H](CCOCC(=O)N(Cc3ccccc3)c3ccccc3)C[C@@H]2C[C@H]1O. The van der Waals surface area contributed by atoms with Crippen molar-refractivity contribution in [3.05, 3.63) is 66.2 Å². The van der Waals surface area contributed by atoms with Crippen LogP contribution in [0.15, 0.2) is 60.7 Å². The van der Waals surface area contributed by atoms with Gasteiger partial charge in [0.15, 0.2) is 0 Å². The number of amides is 1. The van der Waals surface area contributed by atoms with Crippen molar-refractivity contribution in [2.75, 3.05) is 18.1 Å². The molecule has 2 aromatic rings. The van der Waals surface area contributed by atoms with Crippen LogP contribution in [0.25, 0.3) is 0 Å². The summed E-state index contributed by atoms with van der Waals surface area (Å²) in [6.45, 7) is 5.06. The van der Waals surface area contributed by atoms with Crippen molar-refractivity contribution in [3.63, 3.8) is 0 Å². The molecule has 0 saturated heterocycles. The highest BCUT2D eigenvalue weighted by atomic mass is 16.5. The van der Waals surface area contributed by atoms with Crippen LogP contribution in [0.4, 0.5) is 5.69 Å². The second-order valence-corrected chi connectivity index (χ2v) is 11.5. The minimum absolute atomic E-state index is 0.0434. The Balaban J connectivity index is 1.23. The number of carbonyl (C=O) groups is 2. The van der Waals surface area contributed by atoms with Gasteiger partial charge in [-0.2, -0.15) is 0 Å². The number of fused-ring (bicyclic) bond motifs is 1. The third-order valence-corrected chi connectivity index (χ3v) is 8.60. The summed E-state index contributed by atoms with van der Waals surface area (Å²) in [6, 6.07) is 19.7. The fourth-order valence-electron chi connectivity index (χ4n) is 6.54. The number of hydrogen-bond donors (Lipinski definition) is 1. The van der Waals surface area contributed by atoms with Crippen LogP contribution in [0.3, 0.4) is 0 Å². The Morgan fingerprint density at radius 2 is 1.77 bits per heavy atom. The van der Waals surface area contributed by atoms with E-state index in [1.807, 2.05) is 67.6 Å². The van der Waals surface area contributed by atoms with Crippen LogP contribution in [-0.4, -0.2) is 36.1 Å². The van der Waals surface area contributed by atoms with E-state index < -0.39 is 6.10 Å². The van der Waals surface area contributed by atoms with Gasteiger partial charge in [-0.15, -0.1) is 11.8 Å². The normalized spacial score (nSPS) is 24.4. The van der Waals surface area contributed by atoms with Gasteiger partial charge >= 0.3 is 0 Å². The lowest BCUT2D eigenvalue weighted by atomic mass is 9.84. The first-order valence-corrected chi connectivity index (χ1v) is 14.5. The Morgan fingerprint density at radius 1 is 1.05 bits per heavy atom. The van der Waals surface area contributed by atoms with E-state index in [1.54, 1.807) is 4.90 Å². The summed E-state index contributed by atoms with van der Waals surface area (Å²) < 4.78 is 5.89. The molecule has 0 spiro atoms. The molecule has 2 fully saturated rings. The number of benzene rings is 2. The zero-order valence-electron chi connectivity index (χ0n) is 23.4. The van der Waals surface area contributed by atoms with Crippen molar-refractivity contribution < 1.29 is 19.4 Å². The largest absolute Gasteiger partial charge is 0.392 e. The molecule has 4 rings (SSSR count). The van der Waals surface area contributed by atoms with Crippen molar-refractivity contribution in [1.29, 1.82) is 0 Å². The average molecular weight is 530 g/mol. The van der Waals surface area contributed by atoms with E-state index in [2.05, 4.69) is 18.8 Å². The maximum absolute atomic E-state index is 13.2. The van der Waals surface area contributed by atoms with E-state index in [-0.39, 0.29) is 30.1 Å². The first-order valence-electron chi connectivity index (χ1n) is 14.5. The third kappa shape index (κ3) is 8.03. The molecule has 0 aliphatic heterocycles. The van der Waals surface area contributed by atoms with Crippen LogP contribution >= 0.6 is 0 Å². The smallest absolute Gasteiger partial charge is 0.253 e. The van der Waals surface area contributed by atoms with E-state index in [1.165, 1.54) is 0 Å². The lowest BCUT2D eigenvalue weighted by Gasteiger charge is -2.23. The Labute approximate surface area is 233 Å². The number of rotatable bonds is 13. The van der Waals surface area contributed by atoms with E-state index in [0.717, 1.165) is 49.8 Å². The number of ketones is 1. The summed E-state index contributed by atoms with van der Waals surface area (Å²) in [5.41, 5.74) is 1.93. The number of nitrogens with zero attached hydrogens (tertiary/aromatic N) is 1. The molecule has 208 valence electrons. The second-order valence-electron chi connectivity index (χ2n) is 11.5. The molecule has 6 atom stereocenters. The van der Waals surface area contributed by atoms with Crippen LogP contribution < -0.4 is 4.90 Å². The van der Waals surface area contributed by atoms with Crippen LogP contribution in [-0.2, 0) is 20.9 Å². The van der Waals surface area contributed by atoms with E-state index in [9.17, 15) is 14.7 Å². The Kier molecular flexibility index (Phi) is 10.8. The second kappa shape index (κ2) is 14.4. The molecule has 1 N–H and O–H groups in total. The fourth-order valence-corrected chi connectivity index (χ4v) is 6.54. The molecule has 0 heterocycles. The molecule has 2 aromatic carbocycles. The van der Waals surface area contributed by atoms with Crippen molar-refractivity contribution in [2.45, 2.75) is 71.4 Å². The number of para-hydroxylation sites is 1. The van der Waals surface area contributed by atoms with Gasteiger partial charge in [-0.1, -0.05) is 55.5 Å². The van der Waals surface area contributed by atoms with Gasteiger partial charge in [0.1, 0.15) is 12.4 Å².